The number of aromatic amines is 1. The fourth-order valence-corrected chi connectivity index (χ4v) is 5.72. The first-order chi connectivity index (χ1) is 13.1. The van der Waals surface area contributed by atoms with E-state index in [-0.39, 0.29) is 11.7 Å². The first-order valence-corrected chi connectivity index (χ1v) is 11.3. The van der Waals surface area contributed by atoms with Gasteiger partial charge in [-0.05, 0) is 42.2 Å². The van der Waals surface area contributed by atoms with Crippen molar-refractivity contribution >= 4 is 45.3 Å². The summed E-state index contributed by atoms with van der Waals surface area (Å²) in [5.41, 5.74) is 1.76. The minimum atomic E-state index is -0.148. The van der Waals surface area contributed by atoms with Gasteiger partial charge in [0.15, 0.2) is 5.82 Å². The van der Waals surface area contributed by atoms with Crippen LogP contribution in [0.25, 0.3) is 10.7 Å². The third kappa shape index (κ3) is 3.93. The van der Waals surface area contributed by atoms with Crippen LogP contribution in [0.3, 0.4) is 0 Å². The van der Waals surface area contributed by atoms with Crippen LogP contribution in [0, 0.1) is 17.2 Å². The van der Waals surface area contributed by atoms with Crippen LogP contribution in [0.15, 0.2) is 22.7 Å². The van der Waals surface area contributed by atoms with Gasteiger partial charge >= 0.3 is 0 Å². The number of nitriles is 1. The van der Waals surface area contributed by atoms with E-state index in [0.717, 1.165) is 29.7 Å². The van der Waals surface area contributed by atoms with E-state index in [2.05, 4.69) is 33.5 Å². The molecule has 0 saturated heterocycles. The Balaban J connectivity index is 1.40. The smallest absolute Gasteiger partial charge is 0.235 e. The molecule has 1 atom stereocenters. The predicted molar refractivity (Wildman–Crippen MR) is 109 cm³/mol. The molecule has 3 aromatic rings. The molecule has 27 heavy (non-hydrogen) atoms. The Morgan fingerprint density at radius 3 is 3.22 bits per heavy atom. The van der Waals surface area contributed by atoms with E-state index >= 15 is 0 Å². The summed E-state index contributed by atoms with van der Waals surface area (Å²) in [7, 11) is 0. The molecule has 0 fully saturated rings. The lowest BCUT2D eigenvalue weighted by Gasteiger charge is -2.17. The number of anilines is 1. The molecular formula is C18H17N5OS3. The fourth-order valence-electron chi connectivity index (χ4n) is 3.08. The molecular weight excluding hydrogens is 398 g/mol. The first-order valence-electron chi connectivity index (χ1n) is 8.57. The normalized spacial score (nSPS) is 15.9. The largest absolute Gasteiger partial charge is 0.316 e. The molecule has 4 rings (SSSR count). The van der Waals surface area contributed by atoms with Crippen LogP contribution in [0.1, 0.15) is 29.3 Å². The van der Waals surface area contributed by atoms with Gasteiger partial charge in [0.2, 0.25) is 11.1 Å². The summed E-state index contributed by atoms with van der Waals surface area (Å²) >= 11 is 4.40. The lowest BCUT2D eigenvalue weighted by molar-refractivity contribution is -0.113. The van der Waals surface area contributed by atoms with E-state index in [0.29, 0.717) is 27.5 Å². The van der Waals surface area contributed by atoms with Crippen LogP contribution >= 0.6 is 34.4 Å². The zero-order valence-electron chi connectivity index (χ0n) is 14.6. The summed E-state index contributed by atoms with van der Waals surface area (Å²) in [5, 5.41) is 22.7. The van der Waals surface area contributed by atoms with Gasteiger partial charge in [-0.2, -0.15) is 5.26 Å². The fraction of sp³-hybridized carbons (Fsp3) is 0.333. The van der Waals surface area contributed by atoms with E-state index in [9.17, 15) is 10.1 Å². The molecule has 0 spiro atoms. The summed E-state index contributed by atoms with van der Waals surface area (Å²) in [5.74, 6) is 1.39. The highest BCUT2D eigenvalue weighted by atomic mass is 32.2. The van der Waals surface area contributed by atoms with E-state index < -0.39 is 0 Å². The van der Waals surface area contributed by atoms with Gasteiger partial charge in [-0.3, -0.25) is 9.89 Å². The number of nitrogens with zero attached hydrogens (tertiary/aromatic N) is 3. The van der Waals surface area contributed by atoms with Crippen molar-refractivity contribution in [3.63, 3.8) is 0 Å². The number of thiophene rings is 2. The van der Waals surface area contributed by atoms with Crippen molar-refractivity contribution in [2.45, 2.75) is 31.3 Å². The molecule has 0 aliphatic heterocycles. The third-order valence-electron chi connectivity index (χ3n) is 4.43. The number of H-pyrrole nitrogens is 1. The number of amides is 1. The van der Waals surface area contributed by atoms with Gasteiger partial charge in [-0.25, -0.2) is 4.98 Å². The van der Waals surface area contributed by atoms with Crippen molar-refractivity contribution in [1.29, 1.82) is 5.26 Å². The zero-order chi connectivity index (χ0) is 18.8. The summed E-state index contributed by atoms with van der Waals surface area (Å²) in [6.45, 7) is 2.23. The molecule has 9 heteroatoms. The molecule has 6 nitrogen and oxygen atoms in total. The minimum absolute atomic E-state index is 0.148. The summed E-state index contributed by atoms with van der Waals surface area (Å²) in [6, 6.07) is 6.20. The second-order valence-corrected chi connectivity index (χ2v) is 9.44. The highest BCUT2D eigenvalue weighted by Gasteiger charge is 2.24. The number of hydrogen-bond acceptors (Lipinski definition) is 7. The Hall–Kier alpha value is -2.15. The highest BCUT2D eigenvalue weighted by molar-refractivity contribution is 7.99. The number of hydrogen-bond donors (Lipinski definition) is 2. The van der Waals surface area contributed by atoms with E-state index in [1.165, 1.54) is 16.6 Å². The van der Waals surface area contributed by atoms with Gasteiger partial charge in [0, 0.05) is 4.88 Å². The summed E-state index contributed by atoms with van der Waals surface area (Å²) in [4.78, 5) is 19.0. The molecule has 2 N–H and O–H groups in total. The number of rotatable bonds is 5. The van der Waals surface area contributed by atoms with Gasteiger partial charge in [-0.15, -0.1) is 27.8 Å². The summed E-state index contributed by atoms with van der Waals surface area (Å²) < 4.78 is 0. The van der Waals surface area contributed by atoms with Crippen molar-refractivity contribution in [3.8, 4) is 16.8 Å². The minimum Gasteiger partial charge on any atom is -0.316 e. The van der Waals surface area contributed by atoms with Crippen molar-refractivity contribution in [1.82, 2.24) is 15.2 Å². The molecule has 1 aliphatic carbocycles. The topological polar surface area (TPSA) is 94.5 Å². The maximum atomic E-state index is 12.4. The van der Waals surface area contributed by atoms with Crippen LogP contribution in [-0.2, 0) is 17.6 Å². The lowest BCUT2D eigenvalue weighted by atomic mass is 9.89. The molecule has 1 amide bonds. The lowest BCUT2D eigenvalue weighted by Crippen LogP contribution is -2.14. The van der Waals surface area contributed by atoms with E-state index in [1.54, 1.807) is 22.7 Å². The molecule has 0 saturated carbocycles. The number of thioether (sulfide) groups is 1. The van der Waals surface area contributed by atoms with Gasteiger partial charge < -0.3 is 5.32 Å². The van der Waals surface area contributed by atoms with Gasteiger partial charge in [0.1, 0.15) is 11.1 Å². The average Bonchev–Trinajstić information content (AvgIpc) is 3.38. The van der Waals surface area contributed by atoms with Crippen molar-refractivity contribution in [3.05, 3.63) is 33.5 Å². The first kappa shape index (κ1) is 18.2. The SMILES string of the molecule is C[C@H]1CCc2c(sc(NC(=O)CSc3n[nH]c(-c4cccs4)n3)c2C#N)C1. The third-order valence-corrected chi connectivity index (χ3v) is 7.32. The molecule has 0 radical (unpaired) electrons. The Morgan fingerprint density at radius 2 is 2.44 bits per heavy atom. The number of aromatic nitrogens is 3. The maximum Gasteiger partial charge on any atom is 0.235 e. The molecule has 3 heterocycles. The van der Waals surface area contributed by atoms with Crippen LogP contribution in [0.5, 0.6) is 0 Å². The van der Waals surface area contributed by atoms with E-state index in [4.69, 9.17) is 0 Å². The number of carbonyl (C=O) groups excluding carboxylic acids is 1. The van der Waals surface area contributed by atoms with Crippen molar-refractivity contribution in [2.75, 3.05) is 11.1 Å². The molecule has 0 unspecified atom stereocenters. The van der Waals surface area contributed by atoms with Crippen LogP contribution in [0.2, 0.25) is 0 Å². The molecule has 0 aromatic carbocycles. The molecule has 3 aromatic heterocycles. The van der Waals surface area contributed by atoms with Gasteiger partial charge in [0.25, 0.3) is 0 Å². The Labute approximate surface area is 169 Å². The molecule has 1 aliphatic rings. The van der Waals surface area contributed by atoms with Gasteiger partial charge in [-0.1, -0.05) is 24.8 Å². The highest BCUT2D eigenvalue weighted by Crippen LogP contribution is 2.39. The number of carbonyl (C=O) groups is 1. The second kappa shape index (κ2) is 7.84. The Kier molecular flexibility index (Phi) is 5.29. The van der Waals surface area contributed by atoms with E-state index in [1.807, 2.05) is 17.5 Å². The number of nitrogens with one attached hydrogen (secondary N) is 2. The molecule has 0 bridgehead atoms. The predicted octanol–water partition coefficient (Wildman–Crippen LogP) is 4.32. The average molecular weight is 416 g/mol. The Bertz CT molecular complexity index is 999. The van der Waals surface area contributed by atoms with Crippen molar-refractivity contribution < 1.29 is 4.79 Å². The quantitative estimate of drug-likeness (QED) is 0.605. The standard InChI is InChI=1S/C18H17N5OS3/c1-10-4-5-11-12(8-19)17(27-14(11)7-10)20-15(24)9-26-18-21-16(22-23-18)13-3-2-6-25-13/h2-3,6,10H,4-5,7,9H2,1H3,(H,20,24)(H,21,22,23)/t10-/m0/s1. The van der Waals surface area contributed by atoms with Crippen LogP contribution in [0.4, 0.5) is 5.00 Å². The number of fused-ring (bicyclic) bond motifs is 1. The summed E-state index contributed by atoms with van der Waals surface area (Å²) in [6.07, 6.45) is 3.00. The van der Waals surface area contributed by atoms with Gasteiger partial charge in [0.05, 0.1) is 16.2 Å². The monoisotopic (exact) mass is 415 g/mol. The van der Waals surface area contributed by atoms with Crippen molar-refractivity contribution in [2.24, 2.45) is 5.92 Å². The second-order valence-electron chi connectivity index (χ2n) is 6.45. The molecule has 138 valence electrons. The maximum absolute atomic E-state index is 12.4. The zero-order valence-corrected chi connectivity index (χ0v) is 17.1. The van der Waals surface area contributed by atoms with Crippen LogP contribution in [-0.4, -0.2) is 26.8 Å². The van der Waals surface area contributed by atoms with Crippen LogP contribution < -0.4 is 5.32 Å². The Morgan fingerprint density at radius 1 is 1.56 bits per heavy atom.